The van der Waals surface area contributed by atoms with Gasteiger partial charge in [0.1, 0.15) is 0 Å². The van der Waals surface area contributed by atoms with Crippen molar-refractivity contribution in [3.63, 3.8) is 0 Å². The van der Waals surface area contributed by atoms with Crippen molar-refractivity contribution in [2.75, 3.05) is 0 Å². The van der Waals surface area contributed by atoms with E-state index in [-0.39, 0.29) is 17.7 Å². The summed E-state index contributed by atoms with van der Waals surface area (Å²) in [5, 5.41) is 1.52. The largest absolute Gasteiger partial charge is 0.294 e. The number of benzene rings is 3. The number of rotatable bonds is 5. The van der Waals surface area contributed by atoms with E-state index in [1.165, 1.54) is 0 Å². The molecule has 2 nitrogen and oxygen atoms in total. The smallest absolute Gasteiger partial charge is 0.166 e. The number of carbonyl (C=O) groups is 1. The molecule has 158 valence electrons. The van der Waals surface area contributed by atoms with Crippen molar-refractivity contribution in [1.82, 2.24) is 4.90 Å². The number of Topliss-reactive ketones (excluding diaryl/α,β-unsaturated/α-hetero) is 1. The first-order chi connectivity index (χ1) is 15.1. The van der Waals surface area contributed by atoms with Crippen LogP contribution in [0.2, 0.25) is 10.0 Å². The van der Waals surface area contributed by atoms with E-state index in [0.717, 1.165) is 52.4 Å². The number of ketones is 1. The summed E-state index contributed by atoms with van der Waals surface area (Å²) in [7, 11) is 0. The van der Waals surface area contributed by atoms with Gasteiger partial charge in [0.2, 0.25) is 0 Å². The van der Waals surface area contributed by atoms with Gasteiger partial charge in [0.05, 0.1) is 6.04 Å². The van der Waals surface area contributed by atoms with E-state index in [9.17, 15) is 4.79 Å². The van der Waals surface area contributed by atoms with Gasteiger partial charge in [0.25, 0.3) is 0 Å². The highest BCUT2D eigenvalue weighted by atomic mass is 35.5. The molecule has 0 amide bonds. The maximum Gasteiger partial charge on any atom is 0.166 e. The van der Waals surface area contributed by atoms with Crippen LogP contribution < -0.4 is 0 Å². The van der Waals surface area contributed by atoms with Crippen LogP contribution >= 0.6 is 23.2 Å². The van der Waals surface area contributed by atoms with E-state index >= 15 is 0 Å². The molecule has 2 heterocycles. The van der Waals surface area contributed by atoms with Crippen LogP contribution in [0.5, 0.6) is 0 Å². The van der Waals surface area contributed by atoms with Crippen LogP contribution in [0.15, 0.2) is 78.9 Å². The Morgan fingerprint density at radius 2 is 1.23 bits per heavy atom. The summed E-state index contributed by atoms with van der Waals surface area (Å²) >= 11 is 13.4. The van der Waals surface area contributed by atoms with E-state index in [2.05, 4.69) is 17.0 Å². The zero-order valence-corrected chi connectivity index (χ0v) is 18.8. The second kappa shape index (κ2) is 8.78. The molecule has 0 aliphatic carbocycles. The highest BCUT2D eigenvalue weighted by molar-refractivity contribution is 6.32. The van der Waals surface area contributed by atoms with Gasteiger partial charge < -0.3 is 0 Å². The van der Waals surface area contributed by atoms with Crippen LogP contribution in [0.4, 0.5) is 0 Å². The molecule has 0 saturated carbocycles. The van der Waals surface area contributed by atoms with E-state index in [1.807, 2.05) is 66.7 Å². The van der Waals surface area contributed by atoms with Crippen LogP contribution in [0.25, 0.3) is 0 Å². The van der Waals surface area contributed by atoms with Crippen LogP contribution in [0.3, 0.4) is 0 Å². The Hall–Kier alpha value is -2.13. The molecular formula is C27H25Cl2NO. The molecule has 0 radical (unpaired) electrons. The Balaban J connectivity index is 1.50. The second-order valence-corrected chi connectivity index (χ2v) is 9.49. The van der Waals surface area contributed by atoms with Gasteiger partial charge in [0, 0.05) is 33.6 Å². The summed E-state index contributed by atoms with van der Waals surface area (Å²) in [4.78, 5) is 15.8. The molecule has 2 unspecified atom stereocenters. The molecule has 2 aliphatic heterocycles. The zero-order chi connectivity index (χ0) is 21.4. The Bertz CT molecular complexity index is 1020. The molecular weight excluding hydrogens is 425 g/mol. The predicted molar refractivity (Wildman–Crippen MR) is 127 cm³/mol. The number of fused-ring (bicyclic) bond motifs is 2. The van der Waals surface area contributed by atoms with Crippen LogP contribution in [-0.2, 0) is 0 Å². The summed E-state index contributed by atoms with van der Waals surface area (Å²) in [5.74, 6) is 0.360. The zero-order valence-electron chi connectivity index (χ0n) is 17.3. The molecule has 0 N–H and O–H groups in total. The SMILES string of the molecule is O=C(c1ccccc1)C1CC2CCC(C1)N2C(c1ccccc1Cl)c1ccccc1Cl. The average Bonchev–Trinajstić information content (AvgIpc) is 3.04. The molecule has 0 spiro atoms. The maximum absolute atomic E-state index is 13.2. The molecule has 2 saturated heterocycles. The minimum Gasteiger partial charge on any atom is -0.294 e. The third-order valence-electron chi connectivity index (χ3n) is 6.92. The van der Waals surface area contributed by atoms with Crippen LogP contribution in [0.1, 0.15) is 53.2 Å². The van der Waals surface area contributed by atoms with Gasteiger partial charge in [-0.2, -0.15) is 0 Å². The maximum atomic E-state index is 13.2. The number of carbonyl (C=O) groups excluding carboxylic acids is 1. The summed E-state index contributed by atoms with van der Waals surface area (Å²) in [6.45, 7) is 0. The molecule has 2 atom stereocenters. The van der Waals surface area contributed by atoms with Crippen molar-refractivity contribution >= 4 is 29.0 Å². The Morgan fingerprint density at radius 3 is 1.74 bits per heavy atom. The van der Waals surface area contributed by atoms with Gasteiger partial charge in [-0.1, -0.05) is 89.9 Å². The number of hydrogen-bond donors (Lipinski definition) is 0. The Kier molecular flexibility index (Phi) is 5.88. The predicted octanol–water partition coefficient (Wildman–Crippen LogP) is 7.21. The minimum absolute atomic E-state index is 0.00678. The number of hydrogen-bond acceptors (Lipinski definition) is 2. The van der Waals surface area contributed by atoms with Crippen molar-refractivity contribution in [3.05, 3.63) is 106 Å². The monoisotopic (exact) mass is 449 g/mol. The fraction of sp³-hybridized carbons (Fsp3) is 0.296. The van der Waals surface area contributed by atoms with E-state index < -0.39 is 0 Å². The van der Waals surface area contributed by atoms with Crippen LogP contribution in [-0.4, -0.2) is 22.8 Å². The molecule has 31 heavy (non-hydrogen) atoms. The quantitative estimate of drug-likeness (QED) is 0.383. The van der Waals surface area contributed by atoms with Crippen molar-refractivity contribution in [2.45, 2.75) is 43.8 Å². The third-order valence-corrected chi connectivity index (χ3v) is 7.60. The Morgan fingerprint density at radius 1 is 0.742 bits per heavy atom. The summed E-state index contributed by atoms with van der Waals surface area (Å²) in [6.07, 6.45) is 3.98. The van der Waals surface area contributed by atoms with Gasteiger partial charge in [0.15, 0.2) is 5.78 Å². The van der Waals surface area contributed by atoms with E-state index in [0.29, 0.717) is 12.1 Å². The first-order valence-corrected chi connectivity index (χ1v) is 11.7. The molecule has 2 fully saturated rings. The lowest BCUT2D eigenvalue weighted by Crippen LogP contribution is -2.47. The van der Waals surface area contributed by atoms with Gasteiger partial charge in [-0.25, -0.2) is 0 Å². The molecule has 3 aromatic rings. The van der Waals surface area contributed by atoms with Gasteiger partial charge in [-0.15, -0.1) is 0 Å². The summed E-state index contributed by atoms with van der Waals surface area (Å²) < 4.78 is 0. The summed E-state index contributed by atoms with van der Waals surface area (Å²) in [5.41, 5.74) is 3.00. The molecule has 0 aromatic heterocycles. The third kappa shape index (κ3) is 3.93. The molecule has 2 aliphatic rings. The van der Waals surface area contributed by atoms with Gasteiger partial charge >= 0.3 is 0 Å². The van der Waals surface area contributed by atoms with Crippen molar-refractivity contribution < 1.29 is 4.79 Å². The van der Waals surface area contributed by atoms with Crippen molar-refractivity contribution in [3.8, 4) is 0 Å². The van der Waals surface area contributed by atoms with Crippen LogP contribution in [0, 0.1) is 5.92 Å². The Labute approximate surface area is 193 Å². The number of nitrogens with zero attached hydrogens (tertiary/aromatic N) is 1. The molecule has 2 bridgehead atoms. The first kappa shape index (κ1) is 20.8. The highest BCUT2D eigenvalue weighted by Crippen LogP contribution is 2.48. The first-order valence-electron chi connectivity index (χ1n) is 11.0. The van der Waals surface area contributed by atoms with Gasteiger partial charge in [-0.3, -0.25) is 9.69 Å². The van der Waals surface area contributed by atoms with Gasteiger partial charge in [-0.05, 0) is 48.9 Å². The fourth-order valence-corrected chi connectivity index (χ4v) is 6.05. The molecule has 4 heteroatoms. The van der Waals surface area contributed by atoms with Crippen molar-refractivity contribution in [1.29, 1.82) is 0 Å². The topological polar surface area (TPSA) is 20.3 Å². The fourth-order valence-electron chi connectivity index (χ4n) is 5.57. The lowest BCUT2D eigenvalue weighted by atomic mass is 9.82. The highest BCUT2D eigenvalue weighted by Gasteiger charge is 2.47. The normalized spacial score (nSPS) is 23.3. The lowest BCUT2D eigenvalue weighted by molar-refractivity contribution is 0.0587. The molecule has 3 aromatic carbocycles. The van der Waals surface area contributed by atoms with Crippen molar-refractivity contribution in [2.24, 2.45) is 5.92 Å². The lowest BCUT2D eigenvalue weighted by Gasteiger charge is -2.44. The van der Waals surface area contributed by atoms with E-state index in [1.54, 1.807) is 0 Å². The minimum atomic E-state index is -0.00678. The standard InChI is InChI=1S/C27H25Cl2NO/c28-24-12-6-4-10-22(24)26(23-11-5-7-13-25(23)29)30-20-14-15-21(30)17-19(16-20)27(31)18-8-2-1-3-9-18/h1-13,19-21,26H,14-17H2. The van der Waals surface area contributed by atoms with E-state index in [4.69, 9.17) is 23.2 Å². The second-order valence-electron chi connectivity index (χ2n) is 8.68. The number of halogens is 2. The molecule has 5 rings (SSSR count). The summed E-state index contributed by atoms with van der Waals surface area (Å²) in [6, 6.07) is 26.5. The number of piperidine rings is 1. The average molecular weight is 450 g/mol.